The van der Waals surface area contributed by atoms with Crippen molar-refractivity contribution in [1.82, 2.24) is 24.4 Å². The third kappa shape index (κ3) is 2.37. The number of nitrogens with zero attached hydrogens (tertiary/aromatic N) is 5. The zero-order valence-corrected chi connectivity index (χ0v) is 13.5. The minimum Gasteiger partial charge on any atom is -0.368 e. The van der Waals surface area contributed by atoms with Gasteiger partial charge in [0.15, 0.2) is 5.65 Å². The molecule has 3 heterocycles. The molecular weight excluding hydrogens is 328 g/mol. The number of amides is 1. The maximum absolute atomic E-state index is 11.1. The van der Waals surface area contributed by atoms with Crippen LogP contribution in [0.2, 0.25) is 5.02 Å². The van der Waals surface area contributed by atoms with Gasteiger partial charge in [-0.05, 0) is 18.6 Å². The van der Waals surface area contributed by atoms with Crippen LogP contribution in [0.1, 0.15) is 12.5 Å². The van der Waals surface area contributed by atoms with Crippen LogP contribution in [0.25, 0.3) is 22.6 Å². The van der Waals surface area contributed by atoms with Crippen LogP contribution in [0.3, 0.4) is 0 Å². The minimum absolute atomic E-state index is 0.0702. The van der Waals surface area contributed by atoms with Gasteiger partial charge in [0.25, 0.3) is 0 Å². The molecule has 7 nitrogen and oxygen atoms in total. The van der Waals surface area contributed by atoms with Crippen molar-refractivity contribution in [3.05, 3.63) is 35.5 Å². The lowest BCUT2D eigenvalue weighted by molar-refractivity contribution is -0.117. The largest absolute Gasteiger partial charge is 0.368 e. The fourth-order valence-corrected chi connectivity index (χ4v) is 3.38. The number of carbonyl (C=O) groups excluding carboxylic acids is 1. The number of hydrogen-bond acceptors (Lipinski definition) is 5. The van der Waals surface area contributed by atoms with Crippen LogP contribution in [0.15, 0.2) is 30.5 Å². The summed E-state index contributed by atoms with van der Waals surface area (Å²) < 4.78 is 2.03. The molecule has 8 heteroatoms. The van der Waals surface area contributed by atoms with Gasteiger partial charge in [0.05, 0.1) is 17.3 Å². The number of halogens is 1. The summed E-state index contributed by atoms with van der Waals surface area (Å²) in [6, 6.07) is 7.61. The van der Waals surface area contributed by atoms with Crippen molar-refractivity contribution >= 4 is 35.1 Å². The molecule has 1 unspecified atom stereocenters. The van der Waals surface area contributed by atoms with E-state index in [4.69, 9.17) is 17.3 Å². The van der Waals surface area contributed by atoms with E-state index in [1.807, 2.05) is 28.8 Å². The van der Waals surface area contributed by atoms with Crippen molar-refractivity contribution in [3.63, 3.8) is 0 Å². The normalized spacial score (nSPS) is 17.5. The zero-order valence-electron chi connectivity index (χ0n) is 12.8. The molecule has 3 aromatic rings. The molecular formula is C16H15ClN6O. The SMILES string of the molecule is Nc1ncc2nc(-c3ccccc3Cl)n(C3CCN(C=O)C3)c2n1. The van der Waals surface area contributed by atoms with Crippen LogP contribution < -0.4 is 5.73 Å². The first-order valence-corrected chi connectivity index (χ1v) is 8.00. The van der Waals surface area contributed by atoms with Gasteiger partial charge in [-0.1, -0.05) is 23.7 Å². The number of rotatable bonds is 3. The van der Waals surface area contributed by atoms with Gasteiger partial charge < -0.3 is 15.2 Å². The van der Waals surface area contributed by atoms with Gasteiger partial charge in [-0.2, -0.15) is 4.98 Å². The monoisotopic (exact) mass is 342 g/mol. The number of imidazole rings is 1. The highest BCUT2D eigenvalue weighted by Gasteiger charge is 2.28. The maximum Gasteiger partial charge on any atom is 0.222 e. The average Bonchev–Trinajstić information content (AvgIpc) is 3.18. The van der Waals surface area contributed by atoms with E-state index >= 15 is 0 Å². The molecule has 1 amide bonds. The Labute approximate surface area is 143 Å². The molecule has 1 aromatic carbocycles. The van der Waals surface area contributed by atoms with Gasteiger partial charge in [0.2, 0.25) is 12.4 Å². The highest BCUT2D eigenvalue weighted by molar-refractivity contribution is 6.33. The van der Waals surface area contributed by atoms with Crippen LogP contribution >= 0.6 is 11.6 Å². The number of carbonyl (C=O) groups is 1. The summed E-state index contributed by atoms with van der Waals surface area (Å²) in [6.07, 6.45) is 3.31. The Morgan fingerprint density at radius 1 is 1.29 bits per heavy atom. The standard InChI is InChI=1S/C16H15ClN6O/c17-12-4-2-1-3-11(12)14-20-13-7-19-16(18)21-15(13)23(14)10-5-6-22(8-10)9-24/h1-4,7,9-10H,5-6,8H2,(H2,18,19,21). The van der Waals surface area contributed by atoms with E-state index in [1.165, 1.54) is 0 Å². The predicted octanol–water partition coefficient (Wildman–Crippen LogP) is 2.13. The summed E-state index contributed by atoms with van der Waals surface area (Å²) >= 11 is 6.37. The number of nitrogen functional groups attached to an aromatic ring is 1. The van der Waals surface area contributed by atoms with Crippen LogP contribution in [0, 0.1) is 0 Å². The fraction of sp³-hybridized carbons (Fsp3) is 0.250. The van der Waals surface area contributed by atoms with Crippen LogP contribution in [-0.2, 0) is 4.79 Å². The van der Waals surface area contributed by atoms with E-state index in [1.54, 1.807) is 11.1 Å². The number of likely N-dealkylation sites (tertiary alicyclic amines) is 1. The van der Waals surface area contributed by atoms with Gasteiger partial charge in [-0.25, -0.2) is 9.97 Å². The number of nitrogens with two attached hydrogens (primary N) is 1. The molecule has 122 valence electrons. The smallest absolute Gasteiger partial charge is 0.222 e. The molecule has 24 heavy (non-hydrogen) atoms. The Morgan fingerprint density at radius 3 is 2.88 bits per heavy atom. The van der Waals surface area contributed by atoms with Crippen LogP contribution in [0.5, 0.6) is 0 Å². The molecule has 0 radical (unpaired) electrons. The Hall–Kier alpha value is -2.67. The molecule has 1 aliphatic heterocycles. The maximum atomic E-state index is 11.1. The topological polar surface area (TPSA) is 89.9 Å². The molecule has 4 rings (SSSR count). The third-order valence-corrected chi connectivity index (χ3v) is 4.60. The van der Waals surface area contributed by atoms with Gasteiger partial charge in [-0.15, -0.1) is 0 Å². The van der Waals surface area contributed by atoms with Crippen molar-refractivity contribution in [3.8, 4) is 11.4 Å². The lowest BCUT2D eigenvalue weighted by atomic mass is 10.2. The zero-order chi connectivity index (χ0) is 16.7. The summed E-state index contributed by atoms with van der Waals surface area (Å²) in [5, 5.41) is 0.611. The van der Waals surface area contributed by atoms with Crippen molar-refractivity contribution in [2.45, 2.75) is 12.5 Å². The van der Waals surface area contributed by atoms with Crippen LogP contribution in [0.4, 0.5) is 5.95 Å². The molecule has 0 spiro atoms. The van der Waals surface area contributed by atoms with Crippen molar-refractivity contribution in [2.75, 3.05) is 18.8 Å². The lowest BCUT2D eigenvalue weighted by Gasteiger charge is -2.16. The van der Waals surface area contributed by atoms with E-state index < -0.39 is 0 Å². The average molecular weight is 343 g/mol. The molecule has 1 aliphatic rings. The van der Waals surface area contributed by atoms with E-state index in [9.17, 15) is 4.79 Å². The molecule has 0 saturated carbocycles. The molecule has 1 fully saturated rings. The number of aromatic nitrogens is 4. The van der Waals surface area contributed by atoms with Gasteiger partial charge >= 0.3 is 0 Å². The second kappa shape index (κ2) is 5.76. The third-order valence-electron chi connectivity index (χ3n) is 4.28. The molecule has 2 aromatic heterocycles. The van der Waals surface area contributed by atoms with E-state index in [2.05, 4.69) is 15.0 Å². The summed E-state index contributed by atoms with van der Waals surface area (Å²) in [5.74, 6) is 0.910. The number of hydrogen-bond donors (Lipinski definition) is 1. The highest BCUT2D eigenvalue weighted by atomic mass is 35.5. The number of anilines is 1. The van der Waals surface area contributed by atoms with E-state index in [-0.39, 0.29) is 12.0 Å². The van der Waals surface area contributed by atoms with E-state index in [0.717, 1.165) is 18.4 Å². The molecule has 0 aliphatic carbocycles. The molecule has 0 bridgehead atoms. The summed E-state index contributed by atoms with van der Waals surface area (Å²) in [7, 11) is 0. The minimum atomic E-state index is 0.0702. The second-order valence-electron chi connectivity index (χ2n) is 5.77. The lowest BCUT2D eigenvalue weighted by Crippen LogP contribution is -2.20. The summed E-state index contributed by atoms with van der Waals surface area (Å²) in [5.41, 5.74) is 7.90. The van der Waals surface area contributed by atoms with Crippen molar-refractivity contribution in [1.29, 1.82) is 0 Å². The molecule has 1 saturated heterocycles. The second-order valence-corrected chi connectivity index (χ2v) is 6.17. The predicted molar refractivity (Wildman–Crippen MR) is 91.5 cm³/mol. The fourth-order valence-electron chi connectivity index (χ4n) is 3.16. The Morgan fingerprint density at radius 2 is 2.12 bits per heavy atom. The van der Waals surface area contributed by atoms with Gasteiger partial charge in [-0.3, -0.25) is 4.79 Å². The summed E-state index contributed by atoms with van der Waals surface area (Å²) in [4.78, 5) is 25.9. The van der Waals surface area contributed by atoms with E-state index in [0.29, 0.717) is 35.1 Å². The van der Waals surface area contributed by atoms with Gasteiger partial charge in [0.1, 0.15) is 11.3 Å². The highest BCUT2D eigenvalue weighted by Crippen LogP contribution is 2.34. The van der Waals surface area contributed by atoms with Crippen molar-refractivity contribution in [2.24, 2.45) is 0 Å². The van der Waals surface area contributed by atoms with Crippen molar-refractivity contribution < 1.29 is 4.79 Å². The first-order valence-electron chi connectivity index (χ1n) is 7.62. The van der Waals surface area contributed by atoms with Crippen LogP contribution in [-0.4, -0.2) is 43.9 Å². The quantitative estimate of drug-likeness (QED) is 0.736. The Balaban J connectivity index is 1.94. The number of fused-ring (bicyclic) bond motifs is 1. The number of benzene rings is 1. The molecule has 2 N–H and O–H groups in total. The summed E-state index contributed by atoms with van der Waals surface area (Å²) in [6.45, 7) is 1.31. The first-order chi connectivity index (χ1) is 11.7. The first kappa shape index (κ1) is 14.9. The Kier molecular flexibility index (Phi) is 3.57. The van der Waals surface area contributed by atoms with Gasteiger partial charge in [0, 0.05) is 18.7 Å². The Bertz CT molecular complexity index is 924. The molecule has 1 atom stereocenters.